The van der Waals surface area contributed by atoms with Gasteiger partial charge in [0.25, 0.3) is 0 Å². The van der Waals surface area contributed by atoms with Gasteiger partial charge in [-0.2, -0.15) is 0 Å². The van der Waals surface area contributed by atoms with Crippen molar-refractivity contribution in [3.05, 3.63) is 11.8 Å². The lowest BCUT2D eigenvalue weighted by molar-refractivity contribution is 0.122. The van der Waals surface area contributed by atoms with Gasteiger partial charge < -0.3 is 15.4 Å². The second-order valence-corrected chi connectivity index (χ2v) is 3.97. The van der Waals surface area contributed by atoms with Gasteiger partial charge in [-0.3, -0.25) is 0 Å². The molecule has 13 heavy (non-hydrogen) atoms. The molecule has 1 radical (unpaired) electrons. The molecule has 4 nitrogen and oxygen atoms in total. The summed E-state index contributed by atoms with van der Waals surface area (Å²) >= 11 is 1.54. The maximum Gasteiger partial charge on any atom is 0.187 e. The Kier molecular flexibility index (Phi) is 2.37. The molecule has 0 amide bonds. The van der Waals surface area contributed by atoms with Crippen LogP contribution in [0.3, 0.4) is 0 Å². The van der Waals surface area contributed by atoms with Crippen molar-refractivity contribution in [2.45, 2.75) is 0 Å². The summed E-state index contributed by atoms with van der Waals surface area (Å²) in [5, 5.41) is 0.964. The number of aromatic nitrogens is 1. The van der Waals surface area contributed by atoms with Gasteiger partial charge in [0.2, 0.25) is 0 Å². The monoisotopic (exact) mass is 198 g/mol. The van der Waals surface area contributed by atoms with E-state index in [1.807, 2.05) is 0 Å². The van der Waals surface area contributed by atoms with Crippen molar-refractivity contribution >= 4 is 22.3 Å². The van der Waals surface area contributed by atoms with E-state index in [9.17, 15) is 0 Å². The Morgan fingerprint density at radius 2 is 2.15 bits per heavy atom. The minimum atomic E-state index is 0.548. The van der Waals surface area contributed by atoms with Crippen molar-refractivity contribution in [2.24, 2.45) is 0 Å². The molecule has 0 bridgehead atoms. The molecular weight excluding hydrogens is 186 g/mol. The number of anilines is 2. The summed E-state index contributed by atoms with van der Waals surface area (Å²) in [5.74, 6) is 0.548. The molecule has 2 heterocycles. The van der Waals surface area contributed by atoms with E-state index < -0.39 is 0 Å². The van der Waals surface area contributed by atoms with Crippen LogP contribution < -0.4 is 10.6 Å². The van der Waals surface area contributed by atoms with Gasteiger partial charge >= 0.3 is 0 Å². The Hall–Kier alpha value is -0.810. The number of thiazole rings is 1. The standard InChI is InChI=1S/C8H12N3OS/c1-6-7(9)10-8(13-6)11-2-4-12-5-3-11/h1-5,9H2. The second kappa shape index (κ2) is 3.51. The van der Waals surface area contributed by atoms with E-state index in [-0.39, 0.29) is 0 Å². The molecule has 71 valence electrons. The summed E-state index contributed by atoms with van der Waals surface area (Å²) in [5.41, 5.74) is 5.63. The summed E-state index contributed by atoms with van der Waals surface area (Å²) in [6.45, 7) is 7.14. The number of nitrogens with zero attached hydrogens (tertiary/aromatic N) is 2. The van der Waals surface area contributed by atoms with Crippen molar-refractivity contribution in [1.29, 1.82) is 0 Å². The Morgan fingerprint density at radius 1 is 1.46 bits per heavy atom. The first-order valence-electron chi connectivity index (χ1n) is 4.18. The van der Waals surface area contributed by atoms with Crippen LogP contribution in [-0.2, 0) is 4.74 Å². The predicted octanol–water partition coefficient (Wildman–Crippen LogP) is 0.744. The summed E-state index contributed by atoms with van der Waals surface area (Å²) < 4.78 is 5.25. The molecule has 1 aromatic rings. The van der Waals surface area contributed by atoms with Crippen LogP contribution >= 0.6 is 11.3 Å². The smallest absolute Gasteiger partial charge is 0.187 e. The third-order valence-electron chi connectivity index (χ3n) is 2.00. The lowest BCUT2D eigenvalue weighted by Crippen LogP contribution is -2.36. The van der Waals surface area contributed by atoms with Crippen molar-refractivity contribution in [2.75, 3.05) is 36.9 Å². The van der Waals surface area contributed by atoms with E-state index in [0.717, 1.165) is 36.3 Å². The van der Waals surface area contributed by atoms with E-state index in [4.69, 9.17) is 10.5 Å². The van der Waals surface area contributed by atoms with Crippen molar-refractivity contribution < 1.29 is 4.74 Å². The van der Waals surface area contributed by atoms with Crippen LogP contribution in [-0.4, -0.2) is 31.3 Å². The van der Waals surface area contributed by atoms with Crippen LogP contribution in [0.4, 0.5) is 10.9 Å². The summed E-state index contributed by atoms with van der Waals surface area (Å²) in [6.07, 6.45) is 0. The molecule has 0 atom stereocenters. The van der Waals surface area contributed by atoms with Gasteiger partial charge in [-0.15, -0.1) is 0 Å². The number of nitrogens with two attached hydrogens (primary N) is 1. The molecule has 1 saturated heterocycles. The molecule has 0 aliphatic carbocycles. The number of morpholine rings is 1. The number of rotatable bonds is 1. The molecule has 1 fully saturated rings. The van der Waals surface area contributed by atoms with E-state index in [1.54, 1.807) is 11.3 Å². The molecule has 1 aromatic heterocycles. The van der Waals surface area contributed by atoms with Crippen LogP contribution in [0.1, 0.15) is 4.88 Å². The average Bonchev–Trinajstić information content (AvgIpc) is 2.49. The van der Waals surface area contributed by atoms with Gasteiger partial charge in [-0.25, -0.2) is 4.98 Å². The Labute approximate surface area is 81.3 Å². The fraction of sp³-hybridized carbons (Fsp3) is 0.500. The van der Waals surface area contributed by atoms with Crippen LogP contribution in [0.2, 0.25) is 0 Å². The summed E-state index contributed by atoms with van der Waals surface area (Å²) in [4.78, 5) is 7.27. The maximum atomic E-state index is 5.63. The molecule has 0 unspecified atom stereocenters. The lowest BCUT2D eigenvalue weighted by atomic mass is 10.5. The minimum absolute atomic E-state index is 0.548. The van der Waals surface area contributed by atoms with Gasteiger partial charge in [0.1, 0.15) is 5.82 Å². The topological polar surface area (TPSA) is 51.4 Å². The Morgan fingerprint density at radius 3 is 2.69 bits per heavy atom. The predicted molar refractivity (Wildman–Crippen MR) is 54.0 cm³/mol. The first-order valence-corrected chi connectivity index (χ1v) is 5.00. The largest absolute Gasteiger partial charge is 0.383 e. The number of nitrogen functional groups attached to an aromatic ring is 1. The van der Waals surface area contributed by atoms with Crippen LogP contribution in [0.25, 0.3) is 0 Å². The fourth-order valence-electron chi connectivity index (χ4n) is 1.24. The van der Waals surface area contributed by atoms with Crippen molar-refractivity contribution in [3.8, 4) is 0 Å². The Balaban J connectivity index is 2.14. The molecule has 1 aliphatic heterocycles. The first kappa shape index (κ1) is 8.77. The third-order valence-corrected chi connectivity index (χ3v) is 2.99. The Bertz CT molecular complexity index is 274. The molecular formula is C8H12N3OS. The number of ether oxygens (including phenoxy) is 1. The average molecular weight is 198 g/mol. The minimum Gasteiger partial charge on any atom is -0.383 e. The van der Waals surface area contributed by atoms with E-state index in [2.05, 4.69) is 16.8 Å². The molecule has 2 N–H and O–H groups in total. The van der Waals surface area contributed by atoms with Crippen LogP contribution in [0.5, 0.6) is 0 Å². The molecule has 5 heteroatoms. The molecule has 2 rings (SSSR count). The highest BCUT2D eigenvalue weighted by atomic mass is 32.1. The van der Waals surface area contributed by atoms with Gasteiger partial charge in [0.15, 0.2) is 5.13 Å². The van der Waals surface area contributed by atoms with Crippen LogP contribution in [0.15, 0.2) is 0 Å². The van der Waals surface area contributed by atoms with Gasteiger partial charge in [0, 0.05) is 13.1 Å². The quantitative estimate of drug-likeness (QED) is 0.723. The SMILES string of the molecule is [CH2]c1sc(N2CCOCC2)nc1N. The highest BCUT2D eigenvalue weighted by molar-refractivity contribution is 7.16. The fourth-order valence-corrected chi connectivity index (χ4v) is 2.07. The van der Waals surface area contributed by atoms with Gasteiger partial charge in [0.05, 0.1) is 18.1 Å². The zero-order chi connectivity index (χ0) is 9.26. The summed E-state index contributed by atoms with van der Waals surface area (Å²) in [7, 11) is 0. The van der Waals surface area contributed by atoms with Gasteiger partial charge in [-0.05, 0) is 6.92 Å². The highest BCUT2D eigenvalue weighted by Gasteiger charge is 2.15. The zero-order valence-electron chi connectivity index (χ0n) is 7.32. The van der Waals surface area contributed by atoms with E-state index in [0.29, 0.717) is 5.82 Å². The highest BCUT2D eigenvalue weighted by Crippen LogP contribution is 2.27. The normalized spacial score (nSPS) is 17.8. The lowest BCUT2D eigenvalue weighted by Gasteiger charge is -2.25. The number of hydrogen-bond donors (Lipinski definition) is 1. The zero-order valence-corrected chi connectivity index (χ0v) is 8.14. The maximum absolute atomic E-state index is 5.63. The second-order valence-electron chi connectivity index (χ2n) is 2.90. The molecule has 0 aromatic carbocycles. The van der Waals surface area contributed by atoms with E-state index in [1.165, 1.54) is 0 Å². The molecule has 0 saturated carbocycles. The first-order chi connectivity index (χ1) is 6.27. The number of hydrogen-bond acceptors (Lipinski definition) is 5. The summed E-state index contributed by atoms with van der Waals surface area (Å²) in [6, 6.07) is 0. The molecule has 0 spiro atoms. The van der Waals surface area contributed by atoms with Crippen molar-refractivity contribution in [3.63, 3.8) is 0 Å². The van der Waals surface area contributed by atoms with Crippen molar-refractivity contribution in [1.82, 2.24) is 4.98 Å². The van der Waals surface area contributed by atoms with E-state index >= 15 is 0 Å². The van der Waals surface area contributed by atoms with Crippen LogP contribution in [0, 0.1) is 6.92 Å². The molecule has 1 aliphatic rings. The third kappa shape index (κ3) is 1.76. The van der Waals surface area contributed by atoms with Gasteiger partial charge in [-0.1, -0.05) is 11.3 Å².